The normalized spacial score (nSPS) is 12.0. The molecule has 2 amide bonds. The third-order valence-corrected chi connectivity index (χ3v) is 4.63. The summed E-state index contributed by atoms with van der Waals surface area (Å²) in [7, 11) is 0. The zero-order valence-corrected chi connectivity index (χ0v) is 16.2. The number of amides is 2. The van der Waals surface area contributed by atoms with E-state index in [1.807, 2.05) is 42.5 Å². The average Bonchev–Trinajstić information content (AvgIpc) is 2.66. The van der Waals surface area contributed by atoms with Gasteiger partial charge in [0.1, 0.15) is 0 Å². The molecule has 2 rings (SSSR count). The van der Waals surface area contributed by atoms with Crippen molar-refractivity contribution < 1.29 is 4.79 Å². The Balaban J connectivity index is 1.77. The van der Waals surface area contributed by atoms with Gasteiger partial charge in [-0.3, -0.25) is 0 Å². The zero-order valence-electron chi connectivity index (χ0n) is 16.2. The molecule has 0 saturated carbocycles. The minimum absolute atomic E-state index is 0.146. The van der Waals surface area contributed by atoms with Crippen LogP contribution in [0.15, 0.2) is 54.6 Å². The van der Waals surface area contributed by atoms with Crippen LogP contribution in [0.25, 0.3) is 11.1 Å². The monoisotopic (exact) mass is 353 g/mol. The number of nitrogens with one attached hydrogen (secondary N) is 2. The van der Waals surface area contributed by atoms with Gasteiger partial charge in [-0.1, -0.05) is 56.3 Å². The first-order valence-corrected chi connectivity index (χ1v) is 9.57. The number of benzene rings is 2. The van der Waals surface area contributed by atoms with E-state index in [1.54, 1.807) is 0 Å². The predicted molar refractivity (Wildman–Crippen MR) is 111 cm³/mol. The van der Waals surface area contributed by atoms with Gasteiger partial charge in [0, 0.05) is 11.7 Å². The summed E-state index contributed by atoms with van der Waals surface area (Å²) >= 11 is 0. The van der Waals surface area contributed by atoms with Gasteiger partial charge in [-0.2, -0.15) is 0 Å². The predicted octanol–water partition coefficient (Wildman–Crippen LogP) is 4.99. The molecular formula is C22H31N3O. The van der Waals surface area contributed by atoms with Crippen molar-refractivity contribution in [2.75, 3.05) is 25.0 Å². The Labute approximate surface area is 157 Å². The number of carbonyl (C=O) groups excluding carboxylic acids is 1. The summed E-state index contributed by atoms with van der Waals surface area (Å²) in [4.78, 5) is 14.6. The highest BCUT2D eigenvalue weighted by molar-refractivity contribution is 5.89. The van der Waals surface area contributed by atoms with Gasteiger partial charge >= 0.3 is 6.03 Å². The lowest BCUT2D eigenvalue weighted by Gasteiger charge is -2.20. The van der Waals surface area contributed by atoms with Gasteiger partial charge in [0.05, 0.1) is 0 Å². The Bertz CT molecular complexity index is 651. The van der Waals surface area contributed by atoms with E-state index in [2.05, 4.69) is 48.4 Å². The number of hydrogen-bond acceptors (Lipinski definition) is 2. The number of rotatable bonds is 9. The second kappa shape index (κ2) is 10.6. The SMILES string of the molecule is CCN(CC)CCCC(C)NC(=O)Nc1ccc(-c2ccccc2)cc1. The van der Waals surface area contributed by atoms with Crippen LogP contribution in [0.2, 0.25) is 0 Å². The summed E-state index contributed by atoms with van der Waals surface area (Å²) in [6.07, 6.45) is 2.08. The molecular weight excluding hydrogens is 322 g/mol. The van der Waals surface area contributed by atoms with E-state index < -0.39 is 0 Å². The molecule has 0 aromatic heterocycles. The summed E-state index contributed by atoms with van der Waals surface area (Å²) < 4.78 is 0. The topological polar surface area (TPSA) is 44.4 Å². The zero-order chi connectivity index (χ0) is 18.8. The van der Waals surface area contributed by atoms with Gasteiger partial charge in [-0.15, -0.1) is 0 Å². The van der Waals surface area contributed by atoms with Crippen molar-refractivity contribution in [2.24, 2.45) is 0 Å². The first-order chi connectivity index (χ1) is 12.6. The largest absolute Gasteiger partial charge is 0.335 e. The van der Waals surface area contributed by atoms with Gasteiger partial charge in [-0.25, -0.2) is 4.79 Å². The van der Waals surface area contributed by atoms with Crippen LogP contribution >= 0.6 is 0 Å². The molecule has 4 heteroatoms. The van der Waals surface area contributed by atoms with Crippen LogP contribution in [0.4, 0.5) is 10.5 Å². The lowest BCUT2D eigenvalue weighted by Crippen LogP contribution is -2.36. The van der Waals surface area contributed by atoms with Gasteiger partial charge in [0.15, 0.2) is 0 Å². The number of anilines is 1. The molecule has 0 bridgehead atoms. The molecule has 4 nitrogen and oxygen atoms in total. The maximum atomic E-state index is 12.2. The molecule has 0 aliphatic heterocycles. The number of urea groups is 1. The summed E-state index contributed by atoms with van der Waals surface area (Å²) in [6, 6.07) is 18.2. The minimum Gasteiger partial charge on any atom is -0.335 e. The summed E-state index contributed by atoms with van der Waals surface area (Å²) in [5.41, 5.74) is 3.11. The fraction of sp³-hybridized carbons (Fsp3) is 0.409. The second-order valence-electron chi connectivity index (χ2n) is 6.61. The number of nitrogens with zero attached hydrogens (tertiary/aromatic N) is 1. The van der Waals surface area contributed by atoms with E-state index in [0.717, 1.165) is 43.7 Å². The third-order valence-electron chi connectivity index (χ3n) is 4.63. The Morgan fingerprint density at radius 3 is 2.19 bits per heavy atom. The van der Waals surface area contributed by atoms with Crippen molar-refractivity contribution in [2.45, 2.75) is 39.7 Å². The summed E-state index contributed by atoms with van der Waals surface area (Å²) in [5.74, 6) is 0. The Kier molecular flexibility index (Phi) is 8.16. The second-order valence-corrected chi connectivity index (χ2v) is 6.61. The van der Waals surface area contributed by atoms with Gasteiger partial charge in [0.2, 0.25) is 0 Å². The van der Waals surface area contributed by atoms with Gasteiger partial charge in [0.25, 0.3) is 0 Å². The van der Waals surface area contributed by atoms with Crippen LogP contribution in [0.3, 0.4) is 0 Å². The molecule has 0 heterocycles. The van der Waals surface area contributed by atoms with E-state index in [9.17, 15) is 4.79 Å². The van der Waals surface area contributed by atoms with Crippen LogP contribution in [-0.4, -0.2) is 36.6 Å². The van der Waals surface area contributed by atoms with Gasteiger partial charge in [-0.05, 0) is 62.7 Å². The molecule has 2 aromatic carbocycles. The van der Waals surface area contributed by atoms with Crippen LogP contribution in [0.1, 0.15) is 33.6 Å². The van der Waals surface area contributed by atoms with Crippen LogP contribution in [0, 0.1) is 0 Å². The van der Waals surface area contributed by atoms with Crippen molar-refractivity contribution in [1.29, 1.82) is 0 Å². The fourth-order valence-corrected chi connectivity index (χ4v) is 3.00. The molecule has 1 atom stereocenters. The maximum Gasteiger partial charge on any atom is 0.319 e. The highest BCUT2D eigenvalue weighted by Gasteiger charge is 2.08. The van der Waals surface area contributed by atoms with Crippen molar-refractivity contribution in [3.8, 4) is 11.1 Å². The Hall–Kier alpha value is -2.33. The Morgan fingerprint density at radius 2 is 1.58 bits per heavy atom. The van der Waals surface area contributed by atoms with E-state index in [0.29, 0.717) is 0 Å². The Morgan fingerprint density at radius 1 is 0.962 bits per heavy atom. The maximum absolute atomic E-state index is 12.2. The lowest BCUT2D eigenvalue weighted by atomic mass is 10.1. The highest BCUT2D eigenvalue weighted by atomic mass is 16.2. The summed E-state index contributed by atoms with van der Waals surface area (Å²) in [6.45, 7) is 9.67. The van der Waals surface area contributed by atoms with E-state index >= 15 is 0 Å². The molecule has 0 spiro atoms. The molecule has 1 unspecified atom stereocenters. The molecule has 140 valence electrons. The van der Waals surface area contributed by atoms with Gasteiger partial charge < -0.3 is 15.5 Å². The molecule has 0 aliphatic carbocycles. The van der Waals surface area contributed by atoms with Crippen molar-refractivity contribution in [3.63, 3.8) is 0 Å². The fourth-order valence-electron chi connectivity index (χ4n) is 3.00. The molecule has 0 radical (unpaired) electrons. The first kappa shape index (κ1) is 20.0. The van der Waals surface area contributed by atoms with E-state index in [4.69, 9.17) is 0 Å². The average molecular weight is 354 g/mol. The van der Waals surface area contributed by atoms with E-state index in [-0.39, 0.29) is 12.1 Å². The third kappa shape index (κ3) is 6.52. The van der Waals surface area contributed by atoms with Crippen molar-refractivity contribution in [1.82, 2.24) is 10.2 Å². The molecule has 0 saturated heterocycles. The van der Waals surface area contributed by atoms with Crippen LogP contribution in [0.5, 0.6) is 0 Å². The summed E-state index contributed by atoms with van der Waals surface area (Å²) in [5, 5.41) is 5.93. The molecule has 2 N–H and O–H groups in total. The number of hydrogen-bond donors (Lipinski definition) is 2. The van der Waals surface area contributed by atoms with Crippen LogP contribution < -0.4 is 10.6 Å². The van der Waals surface area contributed by atoms with Crippen molar-refractivity contribution in [3.05, 3.63) is 54.6 Å². The molecule has 0 aliphatic rings. The minimum atomic E-state index is -0.146. The standard InChI is InChI=1S/C22H31N3O/c1-4-25(5-2)17-9-10-18(3)23-22(26)24-21-15-13-20(14-16-21)19-11-7-6-8-12-19/h6-8,11-16,18H,4-5,9-10,17H2,1-3H3,(H2,23,24,26). The molecule has 0 fully saturated rings. The first-order valence-electron chi connectivity index (χ1n) is 9.57. The van der Waals surface area contributed by atoms with Crippen LogP contribution in [-0.2, 0) is 0 Å². The molecule has 2 aromatic rings. The van der Waals surface area contributed by atoms with Crippen molar-refractivity contribution >= 4 is 11.7 Å². The molecule has 26 heavy (non-hydrogen) atoms. The lowest BCUT2D eigenvalue weighted by molar-refractivity contribution is 0.247. The smallest absolute Gasteiger partial charge is 0.319 e. The van der Waals surface area contributed by atoms with E-state index in [1.165, 1.54) is 5.56 Å². The highest BCUT2D eigenvalue weighted by Crippen LogP contribution is 2.20. The quantitative estimate of drug-likeness (QED) is 0.667. The number of carbonyl (C=O) groups is 1.